The Kier molecular flexibility index (Phi) is 0.906. The standard InChI is InChI=1S/C10H15NO/c1-6-3-9-5-10(9,7(9)2)4-8(12)11-6/h6-7H,3-5H2,1-2H3,(H,11,12)/t6-,7+,9+,10-/m1/s1. The Morgan fingerprint density at radius 3 is 2.83 bits per heavy atom. The molecule has 0 radical (unpaired) electrons. The van der Waals surface area contributed by atoms with Crippen molar-refractivity contribution in [2.45, 2.75) is 39.2 Å². The van der Waals surface area contributed by atoms with Crippen molar-refractivity contribution in [3.63, 3.8) is 0 Å². The summed E-state index contributed by atoms with van der Waals surface area (Å²) in [6.45, 7) is 4.45. The molecule has 1 saturated heterocycles. The van der Waals surface area contributed by atoms with Gasteiger partial charge in [0, 0.05) is 12.5 Å². The number of hydrogen-bond donors (Lipinski definition) is 1. The van der Waals surface area contributed by atoms with Crippen LogP contribution in [0.25, 0.3) is 0 Å². The predicted octanol–water partition coefficient (Wildman–Crippen LogP) is 1.31. The van der Waals surface area contributed by atoms with Crippen LogP contribution in [-0.4, -0.2) is 11.9 Å². The first-order chi connectivity index (χ1) is 5.61. The summed E-state index contributed by atoms with van der Waals surface area (Å²) in [5, 5.41) is 3.03. The normalized spacial score (nSPS) is 61.0. The summed E-state index contributed by atoms with van der Waals surface area (Å²) < 4.78 is 0. The lowest BCUT2D eigenvalue weighted by Gasteiger charge is -2.18. The van der Waals surface area contributed by atoms with Crippen LogP contribution >= 0.6 is 0 Å². The Labute approximate surface area is 72.7 Å². The van der Waals surface area contributed by atoms with Crippen LogP contribution in [0.1, 0.15) is 33.1 Å². The van der Waals surface area contributed by atoms with Crippen molar-refractivity contribution < 1.29 is 4.79 Å². The number of amides is 1. The van der Waals surface area contributed by atoms with Gasteiger partial charge in [-0.25, -0.2) is 0 Å². The molecule has 1 N–H and O–H groups in total. The van der Waals surface area contributed by atoms with Gasteiger partial charge in [-0.05, 0) is 36.5 Å². The fraction of sp³-hybridized carbons (Fsp3) is 0.900. The van der Waals surface area contributed by atoms with E-state index in [1.807, 2.05) is 0 Å². The van der Waals surface area contributed by atoms with Crippen molar-refractivity contribution in [1.29, 1.82) is 0 Å². The molecule has 3 fully saturated rings. The monoisotopic (exact) mass is 165 g/mol. The van der Waals surface area contributed by atoms with Gasteiger partial charge in [0.2, 0.25) is 5.91 Å². The SMILES string of the molecule is C[C@H]1[C@@]23C[C@@H](C)NC(=O)C[C@@]12C3. The summed E-state index contributed by atoms with van der Waals surface area (Å²) in [4.78, 5) is 11.4. The van der Waals surface area contributed by atoms with Crippen molar-refractivity contribution in [1.82, 2.24) is 5.32 Å². The number of hydrogen-bond acceptors (Lipinski definition) is 1. The quantitative estimate of drug-likeness (QED) is 0.576. The number of carbonyl (C=O) groups excluding carboxylic acids is 1. The van der Waals surface area contributed by atoms with Crippen LogP contribution in [0.2, 0.25) is 0 Å². The maximum atomic E-state index is 11.4. The molecule has 3 rings (SSSR count). The first kappa shape index (κ1) is 6.93. The topological polar surface area (TPSA) is 29.1 Å². The summed E-state index contributed by atoms with van der Waals surface area (Å²) >= 11 is 0. The molecule has 0 bridgehead atoms. The molecule has 4 atom stereocenters. The summed E-state index contributed by atoms with van der Waals surface area (Å²) in [6, 6.07) is 0.409. The maximum Gasteiger partial charge on any atom is 0.220 e. The molecule has 2 heteroatoms. The molecule has 1 aliphatic heterocycles. The Morgan fingerprint density at radius 2 is 2.17 bits per heavy atom. The Bertz CT molecular complexity index is 275. The van der Waals surface area contributed by atoms with Crippen molar-refractivity contribution in [3.8, 4) is 0 Å². The average Bonchev–Trinajstić information content (AvgIpc) is 2.71. The molecule has 0 unspecified atom stereocenters. The third-order valence-electron chi connectivity index (χ3n) is 4.63. The van der Waals surface area contributed by atoms with Crippen LogP contribution < -0.4 is 5.32 Å². The predicted molar refractivity (Wildman–Crippen MR) is 45.5 cm³/mol. The largest absolute Gasteiger partial charge is 0.354 e. The molecule has 0 spiro atoms. The zero-order valence-electron chi connectivity index (χ0n) is 7.68. The molecule has 1 heterocycles. The van der Waals surface area contributed by atoms with Crippen LogP contribution in [0.5, 0.6) is 0 Å². The van der Waals surface area contributed by atoms with E-state index < -0.39 is 0 Å². The number of rotatable bonds is 0. The molecule has 66 valence electrons. The van der Waals surface area contributed by atoms with E-state index in [2.05, 4.69) is 19.2 Å². The molecular weight excluding hydrogens is 150 g/mol. The second-order valence-corrected chi connectivity index (χ2v) is 5.06. The van der Waals surface area contributed by atoms with E-state index in [4.69, 9.17) is 0 Å². The summed E-state index contributed by atoms with van der Waals surface area (Å²) in [6.07, 6.45) is 3.36. The fourth-order valence-corrected chi connectivity index (χ4v) is 3.73. The third-order valence-corrected chi connectivity index (χ3v) is 4.63. The highest BCUT2D eigenvalue weighted by atomic mass is 16.1. The van der Waals surface area contributed by atoms with E-state index >= 15 is 0 Å². The van der Waals surface area contributed by atoms with Crippen LogP contribution in [0.4, 0.5) is 0 Å². The lowest BCUT2D eigenvalue weighted by Crippen LogP contribution is -2.34. The van der Waals surface area contributed by atoms with Gasteiger partial charge in [-0.1, -0.05) is 6.92 Å². The van der Waals surface area contributed by atoms with Crippen LogP contribution in [0, 0.1) is 16.7 Å². The van der Waals surface area contributed by atoms with E-state index in [9.17, 15) is 4.79 Å². The zero-order valence-corrected chi connectivity index (χ0v) is 7.68. The van der Waals surface area contributed by atoms with Crippen molar-refractivity contribution in [2.75, 3.05) is 0 Å². The Morgan fingerprint density at radius 1 is 1.42 bits per heavy atom. The molecule has 2 aliphatic carbocycles. The molecule has 1 amide bonds. The van der Waals surface area contributed by atoms with Gasteiger partial charge in [0.05, 0.1) is 0 Å². The minimum atomic E-state index is 0.284. The van der Waals surface area contributed by atoms with Crippen molar-refractivity contribution >= 4 is 5.91 Å². The number of nitrogens with one attached hydrogen (secondary N) is 1. The van der Waals surface area contributed by atoms with E-state index in [1.54, 1.807) is 0 Å². The smallest absolute Gasteiger partial charge is 0.220 e. The summed E-state index contributed by atoms with van der Waals surface area (Å²) in [5.41, 5.74) is 1.08. The van der Waals surface area contributed by atoms with E-state index in [0.717, 1.165) is 12.3 Å². The van der Waals surface area contributed by atoms with Crippen molar-refractivity contribution in [3.05, 3.63) is 0 Å². The van der Waals surface area contributed by atoms with Crippen LogP contribution in [0.15, 0.2) is 0 Å². The van der Waals surface area contributed by atoms with Gasteiger partial charge in [-0.15, -0.1) is 0 Å². The van der Waals surface area contributed by atoms with E-state index in [1.165, 1.54) is 12.8 Å². The molecule has 3 aliphatic rings. The van der Waals surface area contributed by atoms with E-state index in [0.29, 0.717) is 16.9 Å². The van der Waals surface area contributed by atoms with Crippen LogP contribution in [-0.2, 0) is 4.79 Å². The summed E-state index contributed by atoms with van der Waals surface area (Å²) in [7, 11) is 0. The molecule has 2 nitrogen and oxygen atoms in total. The molecular formula is C10H15NO. The average molecular weight is 165 g/mol. The molecule has 0 aromatic heterocycles. The van der Waals surface area contributed by atoms with Gasteiger partial charge >= 0.3 is 0 Å². The highest BCUT2D eigenvalue weighted by Crippen LogP contribution is 2.93. The van der Waals surface area contributed by atoms with Crippen LogP contribution in [0.3, 0.4) is 0 Å². The minimum absolute atomic E-state index is 0.284. The lowest BCUT2D eigenvalue weighted by atomic mass is 9.96. The maximum absolute atomic E-state index is 11.4. The molecule has 2 saturated carbocycles. The second-order valence-electron chi connectivity index (χ2n) is 5.06. The third kappa shape index (κ3) is 0.511. The van der Waals surface area contributed by atoms with Gasteiger partial charge in [0.1, 0.15) is 0 Å². The minimum Gasteiger partial charge on any atom is -0.354 e. The zero-order chi connectivity index (χ0) is 8.56. The molecule has 12 heavy (non-hydrogen) atoms. The molecule has 0 aromatic rings. The highest BCUT2D eigenvalue weighted by Gasteiger charge is 2.88. The van der Waals surface area contributed by atoms with E-state index in [-0.39, 0.29) is 5.91 Å². The van der Waals surface area contributed by atoms with Gasteiger partial charge in [0.25, 0.3) is 0 Å². The first-order valence-corrected chi connectivity index (χ1v) is 4.90. The van der Waals surface area contributed by atoms with Gasteiger partial charge in [-0.2, -0.15) is 0 Å². The van der Waals surface area contributed by atoms with Gasteiger partial charge in [0.15, 0.2) is 0 Å². The van der Waals surface area contributed by atoms with Crippen molar-refractivity contribution in [2.24, 2.45) is 16.7 Å². The molecule has 0 aromatic carbocycles. The summed E-state index contributed by atoms with van der Waals surface area (Å²) in [5.74, 6) is 1.12. The Balaban J connectivity index is 1.91. The Hall–Kier alpha value is -0.530. The highest BCUT2D eigenvalue weighted by molar-refractivity contribution is 5.80. The number of carbonyl (C=O) groups is 1. The first-order valence-electron chi connectivity index (χ1n) is 4.90. The van der Waals surface area contributed by atoms with Gasteiger partial charge in [-0.3, -0.25) is 4.79 Å². The lowest BCUT2D eigenvalue weighted by molar-refractivity contribution is -0.122. The van der Waals surface area contributed by atoms with Gasteiger partial charge < -0.3 is 5.32 Å². The fourth-order valence-electron chi connectivity index (χ4n) is 3.73. The second kappa shape index (κ2) is 1.57.